The lowest BCUT2D eigenvalue weighted by Crippen LogP contribution is -2.46. The largest absolute Gasteiger partial charge is 0.394 e. The van der Waals surface area contributed by atoms with Gasteiger partial charge in [0.1, 0.15) is 0 Å². The minimum Gasteiger partial charge on any atom is -0.394 e. The Balaban J connectivity index is 2.94. The van der Waals surface area contributed by atoms with Gasteiger partial charge in [0.25, 0.3) is 0 Å². The van der Waals surface area contributed by atoms with Gasteiger partial charge >= 0.3 is 8.56 Å². The first-order valence-corrected chi connectivity index (χ1v) is 10.6. The molecule has 2 nitrogen and oxygen atoms in total. The quantitative estimate of drug-likeness (QED) is 0.537. The van der Waals surface area contributed by atoms with Crippen molar-refractivity contribution in [3.05, 3.63) is 34.9 Å². The van der Waals surface area contributed by atoms with Crippen LogP contribution in [0.5, 0.6) is 0 Å². The maximum atomic E-state index is 6.31. The first-order chi connectivity index (χ1) is 10.0. The monoisotopic (exact) mass is 328 g/mol. The lowest BCUT2D eigenvalue weighted by atomic mass is 10.2. The number of benzene rings is 1. The van der Waals surface area contributed by atoms with Crippen molar-refractivity contribution in [1.82, 2.24) is 0 Å². The van der Waals surface area contributed by atoms with Crippen LogP contribution in [0.1, 0.15) is 46.1 Å². The number of halogens is 1. The standard InChI is InChI=1S/C17H29ClO2Si/c1-5-10-19-21(13-15(3)4,20-11-6-2)14-16-8-7-9-17(18)12-16/h7-9,12,15H,5-6,10-11,13-14H2,1-4H3. The van der Waals surface area contributed by atoms with Crippen molar-refractivity contribution in [1.29, 1.82) is 0 Å². The molecule has 1 aromatic rings. The van der Waals surface area contributed by atoms with Gasteiger partial charge in [0, 0.05) is 24.3 Å². The Hall–Kier alpha value is -0.353. The molecule has 1 aromatic carbocycles. The molecule has 21 heavy (non-hydrogen) atoms. The van der Waals surface area contributed by atoms with Crippen LogP contribution in [-0.2, 0) is 14.9 Å². The summed E-state index contributed by atoms with van der Waals surface area (Å²) in [5.41, 5.74) is 1.22. The molecule has 0 heterocycles. The van der Waals surface area contributed by atoms with E-state index in [1.54, 1.807) is 0 Å². The average molecular weight is 329 g/mol. The molecule has 0 fully saturated rings. The Morgan fingerprint density at radius 3 is 2.19 bits per heavy atom. The minimum absolute atomic E-state index is 0.574. The first kappa shape index (κ1) is 18.7. The van der Waals surface area contributed by atoms with E-state index in [0.29, 0.717) is 5.92 Å². The Morgan fingerprint density at radius 2 is 1.71 bits per heavy atom. The maximum Gasteiger partial charge on any atom is 0.342 e. The molecule has 0 amide bonds. The SMILES string of the molecule is CCCO[Si](Cc1cccc(Cl)c1)(CC(C)C)OCCC. The molecule has 0 saturated heterocycles. The summed E-state index contributed by atoms with van der Waals surface area (Å²) in [4.78, 5) is 0. The fourth-order valence-corrected chi connectivity index (χ4v) is 6.61. The molecule has 0 atom stereocenters. The highest BCUT2D eigenvalue weighted by atomic mass is 35.5. The van der Waals surface area contributed by atoms with Crippen LogP contribution in [0.2, 0.25) is 11.1 Å². The van der Waals surface area contributed by atoms with Gasteiger partial charge in [0.15, 0.2) is 0 Å². The van der Waals surface area contributed by atoms with Crippen LogP contribution in [-0.4, -0.2) is 21.8 Å². The molecular weight excluding hydrogens is 300 g/mol. The van der Waals surface area contributed by atoms with Gasteiger partial charge in [-0.15, -0.1) is 0 Å². The molecule has 120 valence electrons. The van der Waals surface area contributed by atoms with Crippen molar-refractivity contribution >= 4 is 20.2 Å². The highest BCUT2D eigenvalue weighted by Gasteiger charge is 2.38. The van der Waals surface area contributed by atoms with E-state index in [0.717, 1.165) is 43.2 Å². The van der Waals surface area contributed by atoms with Crippen LogP contribution in [0.3, 0.4) is 0 Å². The smallest absolute Gasteiger partial charge is 0.342 e. The molecule has 0 unspecified atom stereocenters. The summed E-state index contributed by atoms with van der Waals surface area (Å²) >= 11 is 6.12. The molecule has 4 heteroatoms. The van der Waals surface area contributed by atoms with E-state index in [-0.39, 0.29) is 0 Å². The molecule has 0 spiro atoms. The van der Waals surface area contributed by atoms with Gasteiger partial charge in [-0.3, -0.25) is 0 Å². The predicted octanol–water partition coefficient (Wildman–Crippen LogP) is 5.37. The summed E-state index contributed by atoms with van der Waals surface area (Å²) in [7, 11) is -2.22. The highest BCUT2D eigenvalue weighted by molar-refractivity contribution is 6.67. The van der Waals surface area contributed by atoms with Crippen LogP contribution >= 0.6 is 11.6 Å². The molecule has 1 rings (SSSR count). The van der Waals surface area contributed by atoms with Gasteiger partial charge in [-0.1, -0.05) is 51.4 Å². The van der Waals surface area contributed by atoms with Gasteiger partial charge in [-0.25, -0.2) is 0 Å². The van der Waals surface area contributed by atoms with Gasteiger partial charge in [-0.05, 0) is 42.5 Å². The normalized spacial score (nSPS) is 12.1. The van der Waals surface area contributed by atoms with Crippen LogP contribution < -0.4 is 0 Å². The summed E-state index contributed by atoms with van der Waals surface area (Å²) in [5.74, 6) is 0.574. The van der Waals surface area contributed by atoms with Crippen molar-refractivity contribution in [3.63, 3.8) is 0 Å². The van der Waals surface area contributed by atoms with Crippen molar-refractivity contribution in [3.8, 4) is 0 Å². The highest BCUT2D eigenvalue weighted by Crippen LogP contribution is 2.26. The van der Waals surface area contributed by atoms with E-state index in [2.05, 4.69) is 33.8 Å². The number of hydrogen-bond acceptors (Lipinski definition) is 2. The lowest BCUT2D eigenvalue weighted by molar-refractivity contribution is 0.162. The zero-order valence-corrected chi connectivity index (χ0v) is 15.6. The Kier molecular flexibility index (Phi) is 8.56. The van der Waals surface area contributed by atoms with Gasteiger partial charge in [-0.2, -0.15) is 0 Å². The second-order valence-corrected chi connectivity index (χ2v) is 9.61. The van der Waals surface area contributed by atoms with E-state index in [4.69, 9.17) is 20.5 Å². The van der Waals surface area contributed by atoms with E-state index in [1.165, 1.54) is 5.56 Å². The van der Waals surface area contributed by atoms with E-state index in [1.807, 2.05) is 18.2 Å². The summed E-state index contributed by atoms with van der Waals surface area (Å²) in [5, 5.41) is 0.783. The van der Waals surface area contributed by atoms with Gasteiger partial charge in [0.2, 0.25) is 0 Å². The van der Waals surface area contributed by atoms with E-state index in [9.17, 15) is 0 Å². The van der Waals surface area contributed by atoms with Crippen LogP contribution in [0.4, 0.5) is 0 Å². The molecule has 0 aromatic heterocycles. The van der Waals surface area contributed by atoms with Crippen molar-refractivity contribution in [2.24, 2.45) is 5.92 Å². The molecular formula is C17H29ClO2Si. The second kappa shape index (κ2) is 9.62. The molecule has 0 saturated carbocycles. The van der Waals surface area contributed by atoms with E-state index < -0.39 is 8.56 Å². The lowest BCUT2D eigenvalue weighted by Gasteiger charge is -2.32. The number of rotatable bonds is 10. The summed E-state index contributed by atoms with van der Waals surface area (Å²) in [6, 6.07) is 9.99. The third-order valence-corrected chi connectivity index (χ3v) is 7.30. The Labute approximate surface area is 136 Å². The van der Waals surface area contributed by atoms with E-state index >= 15 is 0 Å². The van der Waals surface area contributed by atoms with Crippen LogP contribution in [0.15, 0.2) is 24.3 Å². The summed E-state index contributed by atoms with van der Waals surface area (Å²) in [6.07, 6.45) is 2.05. The second-order valence-electron chi connectivity index (χ2n) is 6.01. The molecule has 0 aliphatic carbocycles. The Morgan fingerprint density at radius 1 is 1.10 bits per heavy atom. The summed E-state index contributed by atoms with van der Waals surface area (Å²) in [6.45, 7) is 10.3. The molecule has 0 aliphatic heterocycles. The summed E-state index contributed by atoms with van der Waals surface area (Å²) < 4.78 is 12.6. The first-order valence-electron chi connectivity index (χ1n) is 8.03. The van der Waals surface area contributed by atoms with Crippen molar-refractivity contribution in [2.45, 2.75) is 52.6 Å². The Bertz CT molecular complexity index is 402. The molecule has 0 N–H and O–H groups in total. The fourth-order valence-electron chi connectivity index (χ4n) is 2.49. The predicted molar refractivity (Wildman–Crippen MR) is 93.0 cm³/mol. The topological polar surface area (TPSA) is 18.5 Å². The van der Waals surface area contributed by atoms with Crippen molar-refractivity contribution in [2.75, 3.05) is 13.2 Å². The molecule has 0 aliphatic rings. The van der Waals surface area contributed by atoms with Crippen molar-refractivity contribution < 1.29 is 8.85 Å². The van der Waals surface area contributed by atoms with Crippen LogP contribution in [0.25, 0.3) is 0 Å². The molecule has 0 radical (unpaired) electrons. The minimum atomic E-state index is -2.22. The zero-order chi connectivity index (χ0) is 15.7. The molecule has 0 bridgehead atoms. The maximum absolute atomic E-state index is 6.31. The van der Waals surface area contributed by atoms with Gasteiger partial charge in [0.05, 0.1) is 0 Å². The third kappa shape index (κ3) is 6.96. The number of hydrogen-bond donors (Lipinski definition) is 0. The van der Waals surface area contributed by atoms with Gasteiger partial charge < -0.3 is 8.85 Å². The average Bonchev–Trinajstić information content (AvgIpc) is 2.42. The third-order valence-electron chi connectivity index (χ3n) is 3.22. The van der Waals surface area contributed by atoms with Crippen LogP contribution in [0, 0.1) is 5.92 Å². The zero-order valence-electron chi connectivity index (χ0n) is 13.8. The fraction of sp³-hybridized carbons (Fsp3) is 0.647.